The van der Waals surface area contributed by atoms with Crippen LogP contribution in [0.4, 0.5) is 5.13 Å². The fourth-order valence-corrected chi connectivity index (χ4v) is 4.84. The number of aliphatic hydroxyl groups is 1. The van der Waals surface area contributed by atoms with Gasteiger partial charge in [0.2, 0.25) is 10.1 Å². The number of fused-ring (bicyclic) bond motifs is 1. The van der Waals surface area contributed by atoms with E-state index in [0.29, 0.717) is 24.7 Å². The Kier molecular flexibility index (Phi) is 5.43. The lowest BCUT2D eigenvalue weighted by Gasteiger charge is -2.36. The number of hydrogen-bond acceptors (Lipinski definition) is 6. The molecule has 1 fully saturated rings. The molecular formula is C22H21ClN4O2S. The van der Waals surface area contributed by atoms with E-state index in [1.165, 1.54) is 0 Å². The second-order valence-electron chi connectivity index (χ2n) is 7.33. The maximum absolute atomic E-state index is 10.7. The summed E-state index contributed by atoms with van der Waals surface area (Å²) in [5, 5.41) is 17.1. The molecule has 1 N–H and O–H groups in total. The van der Waals surface area contributed by atoms with Crippen LogP contribution in [0, 0.1) is 0 Å². The molecule has 3 heterocycles. The Morgan fingerprint density at radius 3 is 2.73 bits per heavy atom. The first-order chi connectivity index (χ1) is 14.7. The predicted molar refractivity (Wildman–Crippen MR) is 119 cm³/mol. The average Bonchev–Trinajstić information content (AvgIpc) is 3.35. The van der Waals surface area contributed by atoms with Crippen molar-refractivity contribution in [3.8, 4) is 11.3 Å². The van der Waals surface area contributed by atoms with Crippen molar-refractivity contribution in [3.05, 3.63) is 71.4 Å². The smallest absolute Gasteiger partial charge is 0.214 e. The monoisotopic (exact) mass is 440 g/mol. The third-order valence-corrected chi connectivity index (χ3v) is 6.54. The Hall–Kier alpha value is -2.45. The van der Waals surface area contributed by atoms with E-state index >= 15 is 0 Å². The first kappa shape index (κ1) is 19.5. The van der Waals surface area contributed by atoms with E-state index in [9.17, 15) is 5.11 Å². The van der Waals surface area contributed by atoms with Crippen LogP contribution in [0.2, 0.25) is 5.02 Å². The highest BCUT2D eigenvalue weighted by atomic mass is 35.5. The van der Waals surface area contributed by atoms with Crippen molar-refractivity contribution in [2.24, 2.45) is 0 Å². The first-order valence-corrected chi connectivity index (χ1v) is 11.1. The molecule has 0 amide bonds. The predicted octanol–water partition coefficient (Wildman–Crippen LogP) is 4.44. The van der Waals surface area contributed by atoms with E-state index in [0.717, 1.165) is 33.5 Å². The largest absolute Gasteiger partial charge is 0.388 e. The number of benzene rings is 2. The molecular weight excluding hydrogens is 420 g/mol. The second-order valence-corrected chi connectivity index (χ2v) is 8.70. The first-order valence-electron chi connectivity index (χ1n) is 9.87. The van der Waals surface area contributed by atoms with Crippen molar-refractivity contribution >= 4 is 33.0 Å². The number of nitrogens with zero attached hydrogens (tertiary/aromatic N) is 4. The van der Waals surface area contributed by atoms with E-state index in [4.69, 9.17) is 26.4 Å². The number of ether oxygens (including phenoxy) is 1. The quantitative estimate of drug-likeness (QED) is 0.497. The van der Waals surface area contributed by atoms with Crippen molar-refractivity contribution in [2.45, 2.75) is 18.6 Å². The molecule has 0 spiro atoms. The molecule has 8 heteroatoms. The van der Waals surface area contributed by atoms with Crippen molar-refractivity contribution in [3.63, 3.8) is 0 Å². The summed E-state index contributed by atoms with van der Waals surface area (Å²) in [7, 11) is 0. The topological polar surface area (TPSA) is 62.9 Å². The summed E-state index contributed by atoms with van der Waals surface area (Å²) >= 11 is 7.54. The number of imidazole rings is 1. The third-order valence-electron chi connectivity index (χ3n) is 5.33. The van der Waals surface area contributed by atoms with Crippen LogP contribution in [0.15, 0.2) is 60.8 Å². The van der Waals surface area contributed by atoms with Gasteiger partial charge in [0.1, 0.15) is 0 Å². The maximum Gasteiger partial charge on any atom is 0.214 e. The number of aliphatic hydroxyl groups excluding tert-OH is 1. The van der Waals surface area contributed by atoms with Gasteiger partial charge in [-0.15, -0.1) is 5.10 Å². The van der Waals surface area contributed by atoms with Gasteiger partial charge in [-0.2, -0.15) is 0 Å². The average molecular weight is 441 g/mol. The summed E-state index contributed by atoms with van der Waals surface area (Å²) in [6.07, 6.45) is 1.98. The minimum atomic E-state index is -0.541. The van der Waals surface area contributed by atoms with Gasteiger partial charge in [-0.3, -0.25) is 0 Å². The molecule has 154 valence electrons. The van der Waals surface area contributed by atoms with Gasteiger partial charge in [-0.25, -0.2) is 9.50 Å². The van der Waals surface area contributed by atoms with E-state index < -0.39 is 6.10 Å². The minimum Gasteiger partial charge on any atom is -0.388 e. The molecule has 5 rings (SSSR count). The van der Waals surface area contributed by atoms with Gasteiger partial charge >= 0.3 is 0 Å². The zero-order chi connectivity index (χ0) is 20.5. The molecule has 2 unspecified atom stereocenters. The molecule has 1 aliphatic heterocycles. The third kappa shape index (κ3) is 3.94. The van der Waals surface area contributed by atoms with E-state index in [1.807, 2.05) is 65.3 Å². The molecule has 1 saturated heterocycles. The molecule has 1 aliphatic rings. The van der Waals surface area contributed by atoms with Crippen LogP contribution >= 0.6 is 22.9 Å². The van der Waals surface area contributed by atoms with Gasteiger partial charge in [-0.1, -0.05) is 65.4 Å². The van der Waals surface area contributed by atoms with E-state index in [-0.39, 0.29) is 6.04 Å². The van der Waals surface area contributed by atoms with Gasteiger partial charge in [-0.05, 0) is 17.7 Å². The number of morpholine rings is 1. The SMILES string of the molecule is OC(CC1COCCN1c1nn2cc(-c3ccc(Cl)cc3)nc2s1)c1ccccc1. The van der Waals surface area contributed by atoms with Crippen LogP contribution < -0.4 is 4.90 Å². The molecule has 0 radical (unpaired) electrons. The van der Waals surface area contributed by atoms with Crippen molar-refractivity contribution in [2.75, 3.05) is 24.7 Å². The Bertz CT molecular complexity index is 1100. The molecule has 30 heavy (non-hydrogen) atoms. The number of halogens is 1. The number of aromatic nitrogens is 3. The lowest BCUT2D eigenvalue weighted by atomic mass is 10.0. The summed E-state index contributed by atoms with van der Waals surface area (Å²) in [5.74, 6) is 0. The molecule has 0 saturated carbocycles. The van der Waals surface area contributed by atoms with Gasteiger partial charge in [0, 0.05) is 23.6 Å². The molecule has 0 bridgehead atoms. The van der Waals surface area contributed by atoms with Crippen LogP contribution in [0.3, 0.4) is 0 Å². The van der Waals surface area contributed by atoms with E-state index in [2.05, 4.69) is 4.90 Å². The van der Waals surface area contributed by atoms with Crippen LogP contribution in [-0.2, 0) is 4.74 Å². The zero-order valence-electron chi connectivity index (χ0n) is 16.2. The van der Waals surface area contributed by atoms with Gasteiger partial charge < -0.3 is 14.7 Å². The molecule has 6 nitrogen and oxygen atoms in total. The summed E-state index contributed by atoms with van der Waals surface area (Å²) < 4.78 is 7.53. The number of hydrogen-bond donors (Lipinski definition) is 1. The summed E-state index contributed by atoms with van der Waals surface area (Å²) in [6, 6.07) is 17.4. The molecule has 4 aromatic rings. The normalized spacial score (nSPS) is 18.1. The van der Waals surface area contributed by atoms with Crippen LogP contribution in [0.25, 0.3) is 16.2 Å². The van der Waals surface area contributed by atoms with Crippen molar-refractivity contribution in [1.82, 2.24) is 14.6 Å². The molecule has 2 atom stereocenters. The molecule has 2 aromatic heterocycles. The van der Waals surface area contributed by atoms with Gasteiger partial charge in [0.05, 0.1) is 37.3 Å². The number of anilines is 1. The standard InChI is InChI=1S/C22H21ClN4O2S/c23-17-8-6-15(7-9-17)19-13-27-21(24-19)30-22(25-27)26-10-11-29-14-18(26)12-20(28)16-4-2-1-3-5-16/h1-9,13,18,20,28H,10-12,14H2. The van der Waals surface area contributed by atoms with Crippen molar-refractivity contribution < 1.29 is 9.84 Å². The second kappa shape index (κ2) is 8.35. The van der Waals surface area contributed by atoms with E-state index in [1.54, 1.807) is 11.3 Å². The Morgan fingerprint density at radius 1 is 1.17 bits per heavy atom. The highest BCUT2D eigenvalue weighted by Crippen LogP contribution is 2.31. The summed E-state index contributed by atoms with van der Waals surface area (Å²) in [5.41, 5.74) is 2.80. The van der Waals surface area contributed by atoms with Crippen LogP contribution in [0.1, 0.15) is 18.1 Å². The minimum absolute atomic E-state index is 0.0561. The lowest BCUT2D eigenvalue weighted by molar-refractivity contribution is 0.0679. The Balaban J connectivity index is 1.37. The Morgan fingerprint density at radius 2 is 1.97 bits per heavy atom. The summed E-state index contributed by atoms with van der Waals surface area (Å²) in [4.78, 5) is 7.80. The van der Waals surface area contributed by atoms with Gasteiger partial charge in [0.15, 0.2) is 0 Å². The van der Waals surface area contributed by atoms with Crippen LogP contribution in [0.5, 0.6) is 0 Å². The Labute approximate surface area is 183 Å². The highest BCUT2D eigenvalue weighted by Gasteiger charge is 2.29. The van der Waals surface area contributed by atoms with Gasteiger partial charge in [0.25, 0.3) is 0 Å². The summed E-state index contributed by atoms with van der Waals surface area (Å²) in [6.45, 7) is 1.96. The zero-order valence-corrected chi connectivity index (χ0v) is 17.8. The molecule has 2 aromatic carbocycles. The maximum atomic E-state index is 10.7. The molecule has 0 aliphatic carbocycles. The lowest BCUT2D eigenvalue weighted by Crippen LogP contribution is -2.46. The highest BCUT2D eigenvalue weighted by molar-refractivity contribution is 7.20. The fraction of sp³-hybridized carbons (Fsp3) is 0.273. The van der Waals surface area contributed by atoms with Crippen molar-refractivity contribution in [1.29, 1.82) is 0 Å². The van der Waals surface area contributed by atoms with Crippen LogP contribution in [-0.4, -0.2) is 45.5 Å². The fourth-order valence-electron chi connectivity index (χ4n) is 3.74. The number of rotatable bonds is 5.